The number of hydrogen-bond acceptors (Lipinski definition) is 12. The van der Waals surface area contributed by atoms with E-state index in [9.17, 15) is 0 Å². The van der Waals surface area contributed by atoms with Gasteiger partial charge in [-0.3, -0.25) is 10.9 Å². The fourth-order valence-electron chi connectivity index (χ4n) is 1.27. The largest absolute Gasteiger partial charge is 0.265 e. The maximum atomic E-state index is 8.41. The van der Waals surface area contributed by atoms with Gasteiger partial charge in [0.05, 0.1) is 0 Å². The zero-order valence-electron chi connectivity index (χ0n) is 12.0. The molecule has 2 aromatic rings. The number of aromatic nitrogens is 6. The SMILES string of the molecule is [N-]=[N+]=Nc1nc(N=[N+]=[N-])nc(NNc2nc(N=[N+]=[N-])nc(N=[N+]=[N-])n2)n1. The first-order chi connectivity index (χ1) is 12.7. The van der Waals surface area contributed by atoms with Gasteiger partial charge in [-0.1, -0.05) is 0 Å². The lowest BCUT2D eigenvalue weighted by atomic mass is 10.8. The molecule has 0 unspecified atom stereocenters. The zero-order valence-corrected chi connectivity index (χ0v) is 12.0. The van der Waals surface area contributed by atoms with Gasteiger partial charge in [0, 0.05) is 19.6 Å². The topological polar surface area (TPSA) is 296 Å². The predicted molar refractivity (Wildman–Crippen MR) is 82.1 cm³/mol. The number of hydrazine groups is 1. The Morgan fingerprint density at radius 3 is 1.00 bits per heavy atom. The summed E-state index contributed by atoms with van der Waals surface area (Å²) in [4.78, 5) is 31.9. The monoisotopic (exact) mass is 354 g/mol. The molecule has 0 aromatic carbocycles. The Morgan fingerprint density at radius 2 is 0.769 bits per heavy atom. The van der Waals surface area contributed by atoms with Crippen LogP contribution in [0.5, 0.6) is 0 Å². The van der Waals surface area contributed by atoms with Gasteiger partial charge in [0.1, 0.15) is 0 Å². The molecule has 0 aliphatic carbocycles. The van der Waals surface area contributed by atoms with E-state index in [1.54, 1.807) is 0 Å². The summed E-state index contributed by atoms with van der Waals surface area (Å²) < 4.78 is 0. The second kappa shape index (κ2) is 8.48. The van der Waals surface area contributed by atoms with E-state index < -0.39 is 0 Å². The fraction of sp³-hybridized carbons (Fsp3) is 0. The minimum Gasteiger partial charge on any atom is -0.265 e. The molecule has 0 aliphatic rings. The van der Waals surface area contributed by atoms with Crippen LogP contribution in [0.2, 0.25) is 0 Å². The van der Waals surface area contributed by atoms with Crippen LogP contribution in [0.15, 0.2) is 20.5 Å². The normalized spacial score (nSPS) is 8.77. The van der Waals surface area contributed by atoms with Crippen molar-refractivity contribution in [3.05, 3.63) is 41.8 Å². The first kappa shape index (κ1) is 17.2. The van der Waals surface area contributed by atoms with Gasteiger partial charge in [-0.2, -0.15) is 19.9 Å². The van der Waals surface area contributed by atoms with Crippen LogP contribution < -0.4 is 10.9 Å². The van der Waals surface area contributed by atoms with Gasteiger partial charge in [-0.05, 0) is 42.6 Å². The highest BCUT2D eigenvalue weighted by Crippen LogP contribution is 2.16. The van der Waals surface area contributed by atoms with Gasteiger partial charge in [0.2, 0.25) is 35.7 Å². The molecule has 2 aromatic heterocycles. The Kier molecular flexibility index (Phi) is 5.62. The Morgan fingerprint density at radius 1 is 0.500 bits per heavy atom. The van der Waals surface area contributed by atoms with Gasteiger partial charge in [-0.15, -0.1) is 0 Å². The third-order valence-electron chi connectivity index (χ3n) is 2.05. The number of nitrogens with zero attached hydrogens (tertiary/aromatic N) is 18. The lowest BCUT2D eigenvalue weighted by Gasteiger charge is -2.07. The number of azide groups is 4. The summed E-state index contributed by atoms with van der Waals surface area (Å²) in [5.41, 5.74) is 38.4. The summed E-state index contributed by atoms with van der Waals surface area (Å²) in [6.07, 6.45) is 0. The highest BCUT2D eigenvalue weighted by molar-refractivity contribution is 5.43. The standard InChI is InChI=1S/C6H2N20/c7-23-19-3-11-1(12-4(15-3)20-24-8)17-18-2-13-5(21-25-9)16-6(14-2)22-26-10/h(H,11,12,15,17)(H,13,14,16,18). The number of rotatable bonds is 7. The van der Waals surface area contributed by atoms with Crippen molar-refractivity contribution in [2.45, 2.75) is 0 Å². The molecule has 0 atom stereocenters. The van der Waals surface area contributed by atoms with E-state index in [4.69, 9.17) is 22.1 Å². The third-order valence-corrected chi connectivity index (χ3v) is 2.05. The molecule has 0 radical (unpaired) electrons. The predicted octanol–water partition coefficient (Wildman–Crippen LogP) is 3.26. The average molecular weight is 354 g/mol. The van der Waals surface area contributed by atoms with E-state index >= 15 is 0 Å². The highest BCUT2D eigenvalue weighted by Gasteiger charge is 2.07. The molecule has 2 rings (SSSR count). The molecule has 0 fully saturated rings. The summed E-state index contributed by atoms with van der Waals surface area (Å²) in [5, 5.41) is 12.6. The summed E-state index contributed by atoms with van der Waals surface area (Å²) in [5.74, 6) is -1.99. The van der Waals surface area contributed by atoms with Crippen LogP contribution in [0.4, 0.5) is 35.7 Å². The van der Waals surface area contributed by atoms with Gasteiger partial charge < -0.3 is 0 Å². The summed E-state index contributed by atoms with van der Waals surface area (Å²) in [6.45, 7) is 0. The summed E-state index contributed by atoms with van der Waals surface area (Å²) in [6, 6.07) is 0. The molecule has 0 saturated carbocycles. The number of hydrogen-bond donors (Lipinski definition) is 2. The maximum absolute atomic E-state index is 8.41. The molecular weight excluding hydrogens is 352 g/mol. The van der Waals surface area contributed by atoms with Crippen LogP contribution in [-0.2, 0) is 0 Å². The van der Waals surface area contributed by atoms with Crippen molar-refractivity contribution in [1.29, 1.82) is 0 Å². The summed E-state index contributed by atoms with van der Waals surface area (Å²) in [7, 11) is 0. The minimum absolute atomic E-state index is 0.235. The summed E-state index contributed by atoms with van der Waals surface area (Å²) >= 11 is 0. The molecule has 0 bridgehead atoms. The van der Waals surface area contributed by atoms with E-state index in [1.807, 2.05) is 0 Å². The molecule has 26 heavy (non-hydrogen) atoms. The van der Waals surface area contributed by atoms with Crippen LogP contribution in [0.25, 0.3) is 41.8 Å². The number of anilines is 2. The van der Waals surface area contributed by atoms with Crippen molar-refractivity contribution in [3.8, 4) is 0 Å². The van der Waals surface area contributed by atoms with E-state index in [1.165, 1.54) is 0 Å². The van der Waals surface area contributed by atoms with Crippen molar-refractivity contribution < 1.29 is 0 Å². The van der Waals surface area contributed by atoms with Crippen LogP contribution in [0, 0.1) is 0 Å². The van der Waals surface area contributed by atoms with Crippen molar-refractivity contribution >= 4 is 35.7 Å². The van der Waals surface area contributed by atoms with Crippen molar-refractivity contribution in [1.82, 2.24) is 29.9 Å². The molecule has 0 aliphatic heterocycles. The quantitative estimate of drug-likeness (QED) is 0.320. The van der Waals surface area contributed by atoms with E-state index in [2.05, 4.69) is 80.9 Å². The third kappa shape index (κ3) is 4.68. The van der Waals surface area contributed by atoms with Gasteiger partial charge >= 0.3 is 0 Å². The molecule has 20 nitrogen and oxygen atoms in total. The van der Waals surface area contributed by atoms with E-state index in [-0.39, 0.29) is 35.7 Å². The maximum Gasteiger partial charge on any atom is 0.245 e. The second-order valence-electron chi connectivity index (χ2n) is 3.53. The Labute approximate surface area is 139 Å². The van der Waals surface area contributed by atoms with E-state index in [0.29, 0.717) is 0 Å². The van der Waals surface area contributed by atoms with Crippen LogP contribution >= 0.6 is 0 Å². The van der Waals surface area contributed by atoms with Crippen LogP contribution in [-0.4, -0.2) is 29.9 Å². The number of nitrogens with one attached hydrogen (secondary N) is 2. The molecule has 0 spiro atoms. The average Bonchev–Trinajstić information content (AvgIpc) is 2.61. The lowest BCUT2D eigenvalue weighted by molar-refractivity contribution is 0.989. The van der Waals surface area contributed by atoms with Gasteiger partial charge in [0.25, 0.3) is 0 Å². The smallest absolute Gasteiger partial charge is 0.245 e. The second-order valence-corrected chi connectivity index (χ2v) is 3.53. The van der Waals surface area contributed by atoms with Crippen LogP contribution in [0.3, 0.4) is 0 Å². The molecule has 126 valence electrons. The molecule has 2 N–H and O–H groups in total. The zero-order chi connectivity index (χ0) is 18.8. The highest BCUT2D eigenvalue weighted by atomic mass is 15.5. The molecule has 20 heteroatoms. The Bertz CT molecular complexity index is 855. The molecule has 0 amide bonds. The van der Waals surface area contributed by atoms with Crippen molar-refractivity contribution in [3.63, 3.8) is 0 Å². The van der Waals surface area contributed by atoms with Gasteiger partial charge in [0.15, 0.2) is 0 Å². The Hall–Kier alpha value is -5.14. The van der Waals surface area contributed by atoms with Crippen molar-refractivity contribution in [2.24, 2.45) is 20.5 Å². The van der Waals surface area contributed by atoms with Crippen LogP contribution in [0.1, 0.15) is 0 Å². The first-order valence-corrected chi connectivity index (χ1v) is 5.93. The van der Waals surface area contributed by atoms with Gasteiger partial charge in [-0.25, -0.2) is 9.97 Å². The van der Waals surface area contributed by atoms with Crippen molar-refractivity contribution in [2.75, 3.05) is 10.9 Å². The Balaban J connectivity index is 2.32. The molecule has 2 heterocycles. The first-order valence-electron chi connectivity index (χ1n) is 5.93. The van der Waals surface area contributed by atoms with E-state index in [0.717, 1.165) is 0 Å². The molecule has 0 saturated heterocycles. The minimum atomic E-state index is -0.380. The molecular formula is C6H2N20. The fourth-order valence-corrected chi connectivity index (χ4v) is 1.27. The lowest BCUT2D eigenvalue weighted by Crippen LogP contribution is -2.14.